The van der Waals surface area contributed by atoms with Gasteiger partial charge in [0.25, 0.3) is 5.91 Å². The van der Waals surface area contributed by atoms with E-state index < -0.39 is 30.2 Å². The van der Waals surface area contributed by atoms with Gasteiger partial charge in [0, 0.05) is 17.6 Å². The van der Waals surface area contributed by atoms with Gasteiger partial charge in [-0.2, -0.15) is 0 Å². The third-order valence-electron chi connectivity index (χ3n) is 4.00. The number of carbonyl (C=O) groups excluding carboxylic acids is 3. The van der Waals surface area contributed by atoms with E-state index in [1.54, 1.807) is 6.07 Å². The Kier molecular flexibility index (Phi) is 7.69. The third-order valence-corrected chi connectivity index (χ3v) is 5.08. The number of halogens is 1. The number of anilines is 1. The molecule has 2 amide bonds. The number of amides is 2. The lowest BCUT2D eigenvalue weighted by Crippen LogP contribution is -2.37. The van der Waals surface area contributed by atoms with Crippen molar-refractivity contribution < 1.29 is 23.5 Å². The van der Waals surface area contributed by atoms with Crippen LogP contribution in [0.1, 0.15) is 33.5 Å². The molecule has 0 aliphatic carbocycles. The molecule has 0 aliphatic heterocycles. The Hall–Kier alpha value is -2.74. The minimum atomic E-state index is -0.548. The molecule has 0 fully saturated rings. The molecule has 1 N–H and O–H groups in total. The zero-order chi connectivity index (χ0) is 20.7. The summed E-state index contributed by atoms with van der Waals surface area (Å²) < 4.78 is 17.9. The van der Waals surface area contributed by atoms with E-state index in [0.717, 1.165) is 28.2 Å². The minimum Gasteiger partial charge on any atom is -0.451 e. The predicted molar refractivity (Wildman–Crippen MR) is 106 cm³/mol. The van der Waals surface area contributed by atoms with Crippen molar-refractivity contribution in [2.24, 2.45) is 0 Å². The second-order valence-corrected chi connectivity index (χ2v) is 7.58. The van der Waals surface area contributed by atoms with Crippen LogP contribution in [0.2, 0.25) is 0 Å². The molecular formula is C20H23FN2O4S. The number of rotatable bonds is 8. The summed E-state index contributed by atoms with van der Waals surface area (Å²) in [6.07, 6.45) is 1.87. The van der Waals surface area contributed by atoms with Crippen molar-refractivity contribution in [3.63, 3.8) is 0 Å². The van der Waals surface area contributed by atoms with E-state index in [9.17, 15) is 18.8 Å². The number of aryl methyl sites for hydroxylation is 2. The summed E-state index contributed by atoms with van der Waals surface area (Å²) in [6.45, 7) is 3.35. The monoisotopic (exact) mass is 406 g/mol. The first kappa shape index (κ1) is 21.6. The van der Waals surface area contributed by atoms with Crippen LogP contribution in [0.4, 0.5) is 10.1 Å². The maximum atomic E-state index is 12.9. The zero-order valence-corrected chi connectivity index (χ0v) is 16.9. The fraction of sp³-hybridized carbons (Fsp3) is 0.350. The Morgan fingerprint density at radius 2 is 1.89 bits per heavy atom. The highest BCUT2D eigenvalue weighted by Gasteiger charge is 2.18. The van der Waals surface area contributed by atoms with Gasteiger partial charge in [0.2, 0.25) is 5.91 Å². The van der Waals surface area contributed by atoms with Crippen molar-refractivity contribution in [2.45, 2.75) is 26.7 Å². The van der Waals surface area contributed by atoms with Crippen molar-refractivity contribution in [2.75, 3.05) is 25.5 Å². The normalized spacial score (nSPS) is 10.4. The van der Waals surface area contributed by atoms with Gasteiger partial charge >= 0.3 is 5.97 Å². The maximum absolute atomic E-state index is 12.9. The molecule has 28 heavy (non-hydrogen) atoms. The largest absolute Gasteiger partial charge is 0.451 e. The number of carbonyl (C=O) groups is 3. The Bertz CT molecular complexity index is 848. The summed E-state index contributed by atoms with van der Waals surface area (Å²) in [5.41, 5.74) is 1.54. The van der Waals surface area contributed by atoms with Gasteiger partial charge in [0.05, 0.1) is 6.54 Å². The molecule has 0 unspecified atom stereocenters. The van der Waals surface area contributed by atoms with E-state index >= 15 is 0 Å². The first-order chi connectivity index (χ1) is 13.3. The van der Waals surface area contributed by atoms with Gasteiger partial charge in [-0.15, -0.1) is 11.3 Å². The number of benzene rings is 1. The molecule has 1 aromatic heterocycles. The molecule has 0 bridgehead atoms. The fourth-order valence-electron chi connectivity index (χ4n) is 2.48. The minimum absolute atomic E-state index is 0.216. The van der Waals surface area contributed by atoms with E-state index in [2.05, 4.69) is 12.2 Å². The molecule has 0 atom stereocenters. The van der Waals surface area contributed by atoms with Gasteiger partial charge in [-0.3, -0.25) is 9.59 Å². The molecule has 0 spiro atoms. The summed E-state index contributed by atoms with van der Waals surface area (Å²) >= 11 is 1.35. The Morgan fingerprint density at radius 1 is 1.21 bits per heavy atom. The van der Waals surface area contributed by atoms with Gasteiger partial charge in [0.15, 0.2) is 6.61 Å². The third kappa shape index (κ3) is 6.16. The van der Waals surface area contributed by atoms with Gasteiger partial charge in [-0.1, -0.05) is 13.3 Å². The molecular weight excluding hydrogens is 383 g/mol. The molecule has 8 heteroatoms. The van der Waals surface area contributed by atoms with E-state index in [1.807, 2.05) is 6.92 Å². The fourth-order valence-corrected chi connectivity index (χ4v) is 3.45. The van der Waals surface area contributed by atoms with E-state index in [0.29, 0.717) is 10.6 Å². The average Bonchev–Trinajstić information content (AvgIpc) is 3.02. The summed E-state index contributed by atoms with van der Waals surface area (Å²) in [6, 6.07) is 7.10. The molecule has 0 saturated heterocycles. The molecule has 0 aliphatic rings. The summed E-state index contributed by atoms with van der Waals surface area (Å²) in [5, 5.41) is 2.56. The Labute approximate surface area is 167 Å². The van der Waals surface area contributed by atoms with Gasteiger partial charge in [-0.25, -0.2) is 9.18 Å². The Balaban J connectivity index is 1.81. The number of nitrogens with one attached hydrogen (secondary N) is 1. The molecule has 0 saturated carbocycles. The lowest BCUT2D eigenvalue weighted by atomic mass is 10.1. The van der Waals surface area contributed by atoms with Crippen molar-refractivity contribution in [1.82, 2.24) is 4.90 Å². The van der Waals surface area contributed by atoms with Crippen LogP contribution < -0.4 is 5.32 Å². The molecule has 0 radical (unpaired) electrons. The summed E-state index contributed by atoms with van der Waals surface area (Å²) in [4.78, 5) is 38.9. The van der Waals surface area contributed by atoms with Crippen LogP contribution in [0.5, 0.6) is 0 Å². The van der Waals surface area contributed by atoms with Gasteiger partial charge in [-0.05, 0) is 49.2 Å². The van der Waals surface area contributed by atoms with Crippen molar-refractivity contribution in [1.29, 1.82) is 0 Å². The van der Waals surface area contributed by atoms with Crippen LogP contribution in [0, 0.1) is 12.7 Å². The highest BCUT2D eigenvalue weighted by Crippen LogP contribution is 2.23. The molecule has 2 aromatic rings. The SMILES string of the molecule is CCCc1cc(C(=O)OCC(=O)N(C)CC(=O)Nc2ccc(F)cc2)sc1C. The van der Waals surface area contributed by atoms with Crippen LogP contribution in [-0.4, -0.2) is 42.9 Å². The van der Waals surface area contributed by atoms with E-state index in [4.69, 9.17) is 4.74 Å². The lowest BCUT2D eigenvalue weighted by Gasteiger charge is -2.16. The van der Waals surface area contributed by atoms with Crippen molar-refractivity contribution in [3.05, 3.63) is 51.5 Å². The quantitative estimate of drug-likeness (QED) is 0.682. The topological polar surface area (TPSA) is 75.7 Å². The van der Waals surface area contributed by atoms with Crippen LogP contribution in [0.3, 0.4) is 0 Å². The van der Waals surface area contributed by atoms with E-state index in [-0.39, 0.29) is 6.54 Å². The first-order valence-corrected chi connectivity index (χ1v) is 9.67. The van der Waals surface area contributed by atoms with Crippen LogP contribution in [-0.2, 0) is 20.7 Å². The zero-order valence-electron chi connectivity index (χ0n) is 16.1. The molecule has 1 heterocycles. The van der Waals surface area contributed by atoms with Crippen LogP contribution in [0.15, 0.2) is 30.3 Å². The summed E-state index contributed by atoms with van der Waals surface area (Å²) in [7, 11) is 1.44. The van der Waals surface area contributed by atoms with Crippen molar-refractivity contribution in [3.8, 4) is 0 Å². The van der Waals surface area contributed by atoms with Crippen LogP contribution >= 0.6 is 11.3 Å². The molecule has 2 rings (SSSR count). The first-order valence-electron chi connectivity index (χ1n) is 8.86. The number of ether oxygens (including phenoxy) is 1. The number of esters is 1. The highest BCUT2D eigenvalue weighted by molar-refractivity contribution is 7.14. The van der Waals surface area contributed by atoms with Crippen LogP contribution in [0.25, 0.3) is 0 Å². The maximum Gasteiger partial charge on any atom is 0.348 e. The Morgan fingerprint density at radius 3 is 2.54 bits per heavy atom. The summed E-state index contributed by atoms with van der Waals surface area (Å²) in [5.74, 6) is -1.89. The molecule has 150 valence electrons. The standard InChI is InChI=1S/C20H23FN2O4S/c1-4-5-14-10-17(28-13(14)2)20(26)27-12-19(25)23(3)11-18(24)22-16-8-6-15(21)7-9-16/h6-10H,4-5,11-12H2,1-3H3,(H,22,24). The second-order valence-electron chi connectivity index (χ2n) is 6.32. The van der Waals surface area contributed by atoms with Crippen molar-refractivity contribution >= 4 is 34.8 Å². The lowest BCUT2D eigenvalue weighted by molar-refractivity contribution is -0.136. The number of hydrogen-bond donors (Lipinski definition) is 1. The van der Waals surface area contributed by atoms with E-state index in [1.165, 1.54) is 42.6 Å². The number of hydrogen-bond acceptors (Lipinski definition) is 5. The average molecular weight is 406 g/mol. The predicted octanol–water partition coefficient (Wildman–Crippen LogP) is 3.40. The highest BCUT2D eigenvalue weighted by atomic mass is 32.1. The van der Waals surface area contributed by atoms with Gasteiger partial charge < -0.3 is 15.0 Å². The number of likely N-dealkylation sites (N-methyl/N-ethyl adjacent to an activating group) is 1. The molecule has 1 aromatic carbocycles. The van der Waals surface area contributed by atoms with Gasteiger partial charge in [0.1, 0.15) is 10.7 Å². The smallest absolute Gasteiger partial charge is 0.348 e. The number of nitrogens with zero attached hydrogens (tertiary/aromatic N) is 1. The second kappa shape index (κ2) is 9.98. The molecule has 6 nitrogen and oxygen atoms in total. The number of thiophene rings is 1.